The van der Waals surface area contributed by atoms with Crippen LogP contribution in [0.25, 0.3) is 0 Å². The lowest BCUT2D eigenvalue weighted by Gasteiger charge is -2.07. The van der Waals surface area contributed by atoms with Gasteiger partial charge in [-0.1, -0.05) is 6.07 Å². The highest BCUT2D eigenvalue weighted by Crippen LogP contribution is 2.18. The maximum Gasteiger partial charge on any atom is 0.333 e. The number of amides is 1. The molecular formula is C13H14FNO3S. The molecule has 0 bridgehead atoms. The molecule has 0 heterocycles. The second kappa shape index (κ2) is 6.94. The first-order valence-corrected chi connectivity index (χ1v) is 6.47. The molecule has 1 aromatic rings. The summed E-state index contributed by atoms with van der Waals surface area (Å²) in [6.45, 7) is 2.94. The van der Waals surface area contributed by atoms with Crippen molar-refractivity contribution in [3.8, 4) is 0 Å². The second-order valence-electron chi connectivity index (χ2n) is 3.85. The van der Waals surface area contributed by atoms with E-state index in [1.807, 2.05) is 0 Å². The summed E-state index contributed by atoms with van der Waals surface area (Å²) in [6, 6.07) is 5.93. The molecule has 0 saturated carbocycles. The van der Waals surface area contributed by atoms with Crippen LogP contribution in [0.3, 0.4) is 0 Å². The number of thioether (sulfide) groups is 1. The number of aliphatic carboxylic acids is 1. The molecule has 19 heavy (non-hydrogen) atoms. The van der Waals surface area contributed by atoms with Gasteiger partial charge in [-0.2, -0.15) is 0 Å². The summed E-state index contributed by atoms with van der Waals surface area (Å²) < 4.78 is 12.9. The van der Waals surface area contributed by atoms with Crippen molar-refractivity contribution in [3.63, 3.8) is 0 Å². The number of hydrogen-bond acceptors (Lipinski definition) is 3. The van der Waals surface area contributed by atoms with Crippen LogP contribution in [0.15, 0.2) is 40.4 Å². The van der Waals surface area contributed by atoms with Crippen molar-refractivity contribution >= 4 is 23.6 Å². The monoisotopic (exact) mass is 283 g/mol. The fourth-order valence-electron chi connectivity index (χ4n) is 1.21. The van der Waals surface area contributed by atoms with Crippen LogP contribution in [0.4, 0.5) is 4.39 Å². The fourth-order valence-corrected chi connectivity index (χ4v) is 1.95. The Balaban J connectivity index is 2.53. The van der Waals surface area contributed by atoms with E-state index in [2.05, 4.69) is 5.32 Å². The Bertz CT molecular complexity index is 528. The molecule has 1 rings (SSSR count). The smallest absolute Gasteiger partial charge is 0.333 e. The van der Waals surface area contributed by atoms with Crippen LogP contribution >= 0.6 is 11.8 Å². The van der Waals surface area contributed by atoms with E-state index in [1.54, 1.807) is 12.1 Å². The lowest BCUT2D eigenvalue weighted by Crippen LogP contribution is -2.25. The molecule has 1 amide bonds. The number of carbonyl (C=O) groups excluding carboxylic acids is 1. The van der Waals surface area contributed by atoms with Crippen LogP contribution in [0.2, 0.25) is 0 Å². The zero-order valence-corrected chi connectivity index (χ0v) is 11.4. The molecule has 0 spiro atoms. The van der Waals surface area contributed by atoms with Crippen LogP contribution in [-0.4, -0.2) is 22.7 Å². The number of hydrogen-bond donors (Lipinski definition) is 2. The molecule has 0 unspecified atom stereocenters. The van der Waals surface area contributed by atoms with Crippen molar-refractivity contribution in [2.75, 3.05) is 5.75 Å². The fraction of sp³-hybridized carbons (Fsp3) is 0.231. The summed E-state index contributed by atoms with van der Waals surface area (Å²) in [4.78, 5) is 22.9. The highest BCUT2D eigenvalue weighted by atomic mass is 32.2. The summed E-state index contributed by atoms with van der Waals surface area (Å²) in [7, 11) is 0. The van der Waals surface area contributed by atoms with Gasteiger partial charge < -0.3 is 10.4 Å². The Morgan fingerprint density at radius 3 is 2.63 bits per heavy atom. The van der Waals surface area contributed by atoms with E-state index in [0.29, 0.717) is 10.6 Å². The Morgan fingerprint density at radius 1 is 1.37 bits per heavy atom. The zero-order valence-electron chi connectivity index (χ0n) is 10.6. The lowest BCUT2D eigenvalue weighted by atomic mass is 10.2. The SMILES string of the molecule is C/C(NC(=O)CSc1cccc(F)c1)=C(\C)C(=O)O. The van der Waals surface area contributed by atoms with Crippen molar-refractivity contribution in [3.05, 3.63) is 41.4 Å². The molecule has 2 N–H and O–H groups in total. The zero-order chi connectivity index (χ0) is 14.4. The Labute approximate surface area is 114 Å². The molecule has 102 valence electrons. The number of carboxylic acid groups (broad SMARTS) is 1. The third-order valence-electron chi connectivity index (χ3n) is 2.38. The molecule has 0 aliphatic carbocycles. The lowest BCUT2D eigenvalue weighted by molar-refractivity contribution is -0.132. The first kappa shape index (κ1) is 15.2. The van der Waals surface area contributed by atoms with Gasteiger partial charge in [-0.05, 0) is 32.0 Å². The van der Waals surface area contributed by atoms with Gasteiger partial charge >= 0.3 is 5.97 Å². The summed E-state index contributed by atoms with van der Waals surface area (Å²) in [5, 5.41) is 11.2. The van der Waals surface area contributed by atoms with Crippen LogP contribution in [-0.2, 0) is 9.59 Å². The predicted octanol–water partition coefficient (Wildman–Crippen LogP) is 2.41. The van der Waals surface area contributed by atoms with Crippen molar-refractivity contribution < 1.29 is 19.1 Å². The van der Waals surface area contributed by atoms with Gasteiger partial charge in [0.15, 0.2) is 0 Å². The number of nitrogens with one attached hydrogen (secondary N) is 1. The number of carbonyl (C=O) groups is 2. The first-order chi connectivity index (χ1) is 8.90. The number of halogens is 1. The quantitative estimate of drug-likeness (QED) is 0.643. The van der Waals surface area contributed by atoms with Crippen molar-refractivity contribution in [2.45, 2.75) is 18.7 Å². The molecule has 4 nitrogen and oxygen atoms in total. The second-order valence-corrected chi connectivity index (χ2v) is 4.90. The largest absolute Gasteiger partial charge is 0.478 e. The van der Waals surface area contributed by atoms with Crippen LogP contribution in [0, 0.1) is 5.82 Å². The average Bonchev–Trinajstić information content (AvgIpc) is 2.35. The number of carboxylic acids is 1. The average molecular weight is 283 g/mol. The number of allylic oxidation sites excluding steroid dienone is 1. The third kappa shape index (κ3) is 5.13. The van der Waals surface area contributed by atoms with Crippen LogP contribution in [0.1, 0.15) is 13.8 Å². The summed E-state index contributed by atoms with van der Waals surface area (Å²) in [5.74, 6) is -1.67. The molecular weight excluding hydrogens is 269 g/mol. The van der Waals surface area contributed by atoms with Gasteiger partial charge in [0.1, 0.15) is 5.82 Å². The van der Waals surface area contributed by atoms with Gasteiger partial charge in [0.2, 0.25) is 5.91 Å². The van der Waals surface area contributed by atoms with Crippen LogP contribution in [0.5, 0.6) is 0 Å². The van der Waals surface area contributed by atoms with Gasteiger partial charge in [-0.25, -0.2) is 9.18 Å². The van der Waals surface area contributed by atoms with Gasteiger partial charge in [-0.15, -0.1) is 11.8 Å². The molecule has 0 aromatic heterocycles. The van der Waals surface area contributed by atoms with Crippen LogP contribution < -0.4 is 5.32 Å². The number of rotatable bonds is 5. The van der Waals surface area contributed by atoms with E-state index in [1.165, 1.54) is 37.7 Å². The Morgan fingerprint density at radius 2 is 2.05 bits per heavy atom. The Kier molecular flexibility index (Phi) is 5.57. The van der Waals surface area contributed by atoms with E-state index in [0.717, 1.165) is 0 Å². The normalized spacial score (nSPS) is 11.7. The third-order valence-corrected chi connectivity index (χ3v) is 3.37. The van der Waals surface area contributed by atoms with Crippen molar-refractivity contribution in [1.29, 1.82) is 0 Å². The van der Waals surface area contributed by atoms with E-state index in [4.69, 9.17) is 5.11 Å². The highest BCUT2D eigenvalue weighted by Gasteiger charge is 2.09. The van der Waals surface area contributed by atoms with Crippen molar-refractivity contribution in [2.24, 2.45) is 0 Å². The standard InChI is InChI=1S/C13H14FNO3S/c1-8(13(17)18)9(2)15-12(16)7-19-11-5-3-4-10(14)6-11/h3-6H,7H2,1-2H3,(H,15,16)(H,17,18)/b9-8-. The van der Waals surface area contributed by atoms with E-state index in [-0.39, 0.29) is 23.1 Å². The van der Waals surface area contributed by atoms with Gasteiger partial charge in [-0.3, -0.25) is 4.79 Å². The summed E-state index contributed by atoms with van der Waals surface area (Å²) in [5.41, 5.74) is 0.390. The molecule has 0 radical (unpaired) electrons. The van der Waals surface area contributed by atoms with Gasteiger partial charge in [0, 0.05) is 10.6 Å². The summed E-state index contributed by atoms with van der Waals surface area (Å²) in [6.07, 6.45) is 0. The topological polar surface area (TPSA) is 66.4 Å². The predicted molar refractivity (Wildman–Crippen MR) is 71.3 cm³/mol. The first-order valence-electron chi connectivity index (χ1n) is 5.49. The maximum absolute atomic E-state index is 12.9. The number of benzene rings is 1. The van der Waals surface area contributed by atoms with E-state index >= 15 is 0 Å². The van der Waals surface area contributed by atoms with Crippen molar-refractivity contribution in [1.82, 2.24) is 5.32 Å². The Hall–Kier alpha value is -1.82. The molecule has 0 saturated heterocycles. The molecule has 0 aliphatic heterocycles. The highest BCUT2D eigenvalue weighted by molar-refractivity contribution is 8.00. The van der Waals surface area contributed by atoms with E-state index < -0.39 is 5.97 Å². The minimum Gasteiger partial charge on any atom is -0.478 e. The minimum absolute atomic E-state index is 0.0871. The van der Waals surface area contributed by atoms with Gasteiger partial charge in [0.25, 0.3) is 0 Å². The van der Waals surface area contributed by atoms with Gasteiger partial charge in [0.05, 0.1) is 11.3 Å². The maximum atomic E-state index is 12.9. The molecule has 6 heteroatoms. The molecule has 0 aliphatic rings. The van der Waals surface area contributed by atoms with E-state index in [9.17, 15) is 14.0 Å². The molecule has 0 atom stereocenters. The molecule has 1 aromatic carbocycles. The summed E-state index contributed by atoms with van der Waals surface area (Å²) >= 11 is 1.18. The molecule has 0 fully saturated rings. The minimum atomic E-state index is -1.07.